The molecule has 0 radical (unpaired) electrons. The predicted molar refractivity (Wildman–Crippen MR) is 145 cm³/mol. The average molecular weight is 534 g/mol. The fourth-order valence-corrected chi connectivity index (χ4v) is 5.80. The average Bonchev–Trinajstić information content (AvgIpc) is 3.52. The summed E-state index contributed by atoms with van der Waals surface area (Å²) < 4.78 is 1.92. The van der Waals surface area contributed by atoms with Crippen LogP contribution in [-0.4, -0.2) is 61.3 Å². The SMILES string of the molecule is CC(C)(C)c1ccc(N(C(=O)[C@H]2C[C@@H](O)CN2C#N)C(C(=O)NC2CCCCC2)c2nncn2C2CC2)cc1. The maximum Gasteiger partial charge on any atom is 0.251 e. The first-order chi connectivity index (χ1) is 18.7. The maximum atomic E-state index is 14.4. The number of aliphatic hydroxyl groups excluding tert-OH is 1. The number of benzene rings is 1. The van der Waals surface area contributed by atoms with Gasteiger partial charge in [-0.25, -0.2) is 0 Å². The van der Waals surface area contributed by atoms with E-state index in [0.29, 0.717) is 11.5 Å². The lowest BCUT2D eigenvalue weighted by atomic mass is 9.87. The van der Waals surface area contributed by atoms with Crippen LogP contribution in [0, 0.1) is 11.5 Å². The van der Waals surface area contributed by atoms with E-state index >= 15 is 0 Å². The van der Waals surface area contributed by atoms with Gasteiger partial charge in [-0.15, -0.1) is 10.2 Å². The molecule has 3 aliphatic rings. The Kier molecular flexibility index (Phi) is 7.63. The van der Waals surface area contributed by atoms with Gasteiger partial charge in [0, 0.05) is 24.2 Å². The van der Waals surface area contributed by atoms with E-state index in [4.69, 9.17) is 0 Å². The molecule has 5 rings (SSSR count). The summed E-state index contributed by atoms with van der Waals surface area (Å²) in [5.41, 5.74) is 1.55. The first-order valence-corrected chi connectivity index (χ1v) is 14.1. The molecule has 208 valence electrons. The molecule has 1 saturated heterocycles. The fraction of sp³-hybridized carbons (Fsp3) is 0.621. The van der Waals surface area contributed by atoms with Crippen LogP contribution in [-0.2, 0) is 15.0 Å². The van der Waals surface area contributed by atoms with Crippen molar-refractivity contribution in [3.63, 3.8) is 0 Å². The van der Waals surface area contributed by atoms with E-state index in [1.54, 1.807) is 6.33 Å². The molecule has 39 heavy (non-hydrogen) atoms. The van der Waals surface area contributed by atoms with Crippen LogP contribution in [0.2, 0.25) is 0 Å². The highest BCUT2D eigenvalue weighted by Crippen LogP contribution is 2.39. The number of nitrogens with one attached hydrogen (secondary N) is 1. The largest absolute Gasteiger partial charge is 0.391 e. The van der Waals surface area contributed by atoms with E-state index < -0.39 is 24.1 Å². The van der Waals surface area contributed by atoms with Crippen LogP contribution in [0.25, 0.3) is 0 Å². The summed E-state index contributed by atoms with van der Waals surface area (Å²) in [5, 5.41) is 31.8. The van der Waals surface area contributed by atoms with Crippen molar-refractivity contribution in [1.82, 2.24) is 25.0 Å². The minimum atomic E-state index is -1.07. The van der Waals surface area contributed by atoms with Crippen LogP contribution in [0.1, 0.15) is 95.6 Å². The molecule has 0 bridgehead atoms. The van der Waals surface area contributed by atoms with Crippen LogP contribution in [0.5, 0.6) is 0 Å². The van der Waals surface area contributed by atoms with Gasteiger partial charge in [-0.05, 0) is 48.8 Å². The third-order valence-electron chi connectivity index (χ3n) is 8.19. The van der Waals surface area contributed by atoms with Gasteiger partial charge < -0.3 is 15.0 Å². The van der Waals surface area contributed by atoms with Crippen LogP contribution < -0.4 is 10.2 Å². The zero-order valence-electron chi connectivity index (χ0n) is 23.1. The van der Waals surface area contributed by atoms with Crippen LogP contribution in [0.4, 0.5) is 5.69 Å². The third-order valence-corrected chi connectivity index (χ3v) is 8.19. The Hall–Kier alpha value is -3.45. The Balaban J connectivity index is 1.59. The van der Waals surface area contributed by atoms with Crippen molar-refractivity contribution in [2.45, 2.75) is 108 Å². The summed E-state index contributed by atoms with van der Waals surface area (Å²) in [6.07, 6.45) is 10.0. The number of aromatic nitrogens is 3. The Morgan fingerprint density at radius 1 is 1.13 bits per heavy atom. The van der Waals surface area contributed by atoms with E-state index in [9.17, 15) is 20.0 Å². The van der Waals surface area contributed by atoms with Gasteiger partial charge in [0.25, 0.3) is 11.8 Å². The molecule has 2 saturated carbocycles. The minimum absolute atomic E-state index is 0.0372. The molecule has 10 nitrogen and oxygen atoms in total. The normalized spacial score (nSPS) is 22.8. The monoisotopic (exact) mass is 533 g/mol. The molecule has 10 heteroatoms. The number of nitrogens with zero attached hydrogens (tertiary/aromatic N) is 6. The summed E-state index contributed by atoms with van der Waals surface area (Å²) in [4.78, 5) is 31.3. The Morgan fingerprint density at radius 3 is 2.44 bits per heavy atom. The van der Waals surface area contributed by atoms with Crippen LogP contribution in [0.15, 0.2) is 30.6 Å². The molecule has 2 aliphatic carbocycles. The van der Waals surface area contributed by atoms with Crippen molar-refractivity contribution in [3.8, 4) is 6.19 Å². The quantitative estimate of drug-likeness (QED) is 0.523. The number of anilines is 1. The summed E-state index contributed by atoms with van der Waals surface area (Å²) in [6, 6.07) is 5.96. The summed E-state index contributed by atoms with van der Waals surface area (Å²) >= 11 is 0. The highest BCUT2D eigenvalue weighted by molar-refractivity contribution is 6.03. The number of carbonyl (C=O) groups excluding carboxylic acids is 2. The number of hydrogen-bond acceptors (Lipinski definition) is 7. The van der Waals surface area contributed by atoms with E-state index in [1.807, 2.05) is 28.8 Å². The van der Waals surface area contributed by atoms with Gasteiger partial charge in [-0.3, -0.25) is 19.4 Å². The second kappa shape index (κ2) is 11.0. The van der Waals surface area contributed by atoms with E-state index in [2.05, 4.69) is 42.5 Å². The maximum absolute atomic E-state index is 14.4. The molecule has 1 aromatic heterocycles. The number of aliphatic hydroxyl groups is 1. The highest BCUT2D eigenvalue weighted by atomic mass is 16.3. The molecule has 0 spiro atoms. The second-order valence-corrected chi connectivity index (χ2v) is 12.2. The van der Waals surface area contributed by atoms with Gasteiger partial charge in [0.1, 0.15) is 12.4 Å². The Morgan fingerprint density at radius 2 is 1.82 bits per heavy atom. The van der Waals surface area contributed by atoms with Crippen molar-refractivity contribution in [1.29, 1.82) is 5.26 Å². The molecule has 1 aliphatic heterocycles. The van der Waals surface area contributed by atoms with Crippen molar-refractivity contribution < 1.29 is 14.7 Å². The lowest BCUT2D eigenvalue weighted by Gasteiger charge is -2.35. The van der Waals surface area contributed by atoms with Crippen molar-refractivity contribution >= 4 is 17.5 Å². The Labute approximate surface area is 230 Å². The van der Waals surface area contributed by atoms with Gasteiger partial charge in [0.05, 0.1) is 12.6 Å². The number of nitriles is 1. The number of carbonyl (C=O) groups is 2. The second-order valence-electron chi connectivity index (χ2n) is 12.2. The summed E-state index contributed by atoms with van der Waals surface area (Å²) in [6.45, 7) is 6.44. The predicted octanol–water partition coefficient (Wildman–Crippen LogP) is 3.35. The lowest BCUT2D eigenvalue weighted by Crippen LogP contribution is -2.52. The molecule has 3 atom stereocenters. The van der Waals surface area contributed by atoms with Crippen molar-refractivity contribution in [2.24, 2.45) is 0 Å². The third kappa shape index (κ3) is 5.78. The van der Waals surface area contributed by atoms with Gasteiger partial charge >= 0.3 is 0 Å². The van der Waals surface area contributed by atoms with E-state index in [-0.39, 0.29) is 36.4 Å². The highest BCUT2D eigenvalue weighted by Gasteiger charge is 2.45. The van der Waals surface area contributed by atoms with Gasteiger partial charge in [0.2, 0.25) is 0 Å². The van der Waals surface area contributed by atoms with Gasteiger partial charge in [-0.2, -0.15) is 5.26 Å². The molecular weight excluding hydrogens is 494 g/mol. The van der Waals surface area contributed by atoms with Crippen molar-refractivity contribution in [3.05, 3.63) is 42.0 Å². The zero-order valence-corrected chi connectivity index (χ0v) is 23.1. The molecule has 2 heterocycles. The molecule has 1 aromatic carbocycles. The molecule has 3 fully saturated rings. The van der Waals surface area contributed by atoms with Crippen LogP contribution >= 0.6 is 0 Å². The Bertz CT molecular complexity index is 1220. The number of β-amino-alcohol motifs (C(OH)–C–C–N with tert-alkyl or cyclic N) is 1. The van der Waals surface area contributed by atoms with Gasteiger partial charge in [-0.1, -0.05) is 52.2 Å². The van der Waals surface area contributed by atoms with Gasteiger partial charge in [0.15, 0.2) is 18.1 Å². The van der Waals surface area contributed by atoms with E-state index in [1.165, 1.54) is 9.80 Å². The molecule has 2 aromatic rings. The van der Waals surface area contributed by atoms with E-state index in [0.717, 1.165) is 50.5 Å². The summed E-state index contributed by atoms with van der Waals surface area (Å²) in [7, 11) is 0. The van der Waals surface area contributed by atoms with Crippen molar-refractivity contribution in [2.75, 3.05) is 11.4 Å². The molecule has 2 N–H and O–H groups in total. The number of amides is 2. The topological polar surface area (TPSA) is 127 Å². The fourth-order valence-electron chi connectivity index (χ4n) is 5.80. The molecule has 2 amide bonds. The number of hydrogen-bond donors (Lipinski definition) is 2. The lowest BCUT2D eigenvalue weighted by molar-refractivity contribution is -0.129. The first-order valence-electron chi connectivity index (χ1n) is 14.1. The summed E-state index contributed by atoms with van der Waals surface area (Å²) in [5.74, 6) is -0.293. The standard InChI is InChI=1S/C29H39N7O3/c1-29(2,3)19-9-11-22(12-10-19)36(28(39)24-15-23(37)16-34(24)17-30)25(26-33-31-18-35(26)21-13-14-21)27(38)32-20-7-5-4-6-8-20/h9-12,18,20-21,23-25,37H,4-8,13-16H2,1-3H3,(H,32,38)/t23-,24-,25?/m1/s1. The smallest absolute Gasteiger partial charge is 0.251 e. The number of rotatable bonds is 7. The first kappa shape index (κ1) is 27.1. The van der Waals surface area contributed by atoms with Crippen LogP contribution in [0.3, 0.4) is 0 Å². The minimum Gasteiger partial charge on any atom is -0.391 e. The number of likely N-dealkylation sites (tertiary alicyclic amines) is 1. The molecule has 1 unspecified atom stereocenters. The molecular formula is C29H39N7O3. The zero-order chi connectivity index (χ0) is 27.7.